The number of furan rings is 1. The van der Waals surface area contributed by atoms with Crippen molar-refractivity contribution >= 4 is 80.4 Å². The van der Waals surface area contributed by atoms with Gasteiger partial charge < -0.3 is 4.42 Å². The Bertz CT molecular complexity index is 2020. The Hall–Kier alpha value is -5.33. The van der Waals surface area contributed by atoms with Crippen molar-refractivity contribution in [1.82, 2.24) is 10.3 Å². The van der Waals surface area contributed by atoms with E-state index in [2.05, 4.69) is 10.3 Å². The Morgan fingerprint density at radius 1 is 0.814 bits per heavy atom. The molecule has 0 unspecified atom stereocenters. The highest BCUT2D eigenvalue weighted by molar-refractivity contribution is 8.01. The van der Waals surface area contributed by atoms with Crippen LogP contribution in [0.4, 0.5) is 16.2 Å². The van der Waals surface area contributed by atoms with Crippen LogP contribution in [0.25, 0.3) is 16.3 Å². The molecule has 4 heterocycles. The lowest BCUT2D eigenvalue weighted by atomic mass is 10.1. The predicted molar refractivity (Wildman–Crippen MR) is 160 cm³/mol. The topological polar surface area (TPSA) is 130 Å². The summed E-state index contributed by atoms with van der Waals surface area (Å²) in [5.41, 5.74) is 2.94. The second-order valence-corrected chi connectivity index (χ2v) is 12.0. The molecule has 0 saturated carbocycles. The van der Waals surface area contributed by atoms with Gasteiger partial charge in [0.2, 0.25) is 0 Å². The number of aromatic nitrogens is 1. The standard InChI is InChI=1S/C31H18N4O6S2/c1-16-6-8-17(9-7-16)35-29(39)22(26(36)33-30(35)40)15-19-11-13-25(41-19)43-31-32-23-12-10-18(14-24(23)42-31)34-27(37)20-4-2-3-5-21(20)28(34)38/h2-15H,1H3,(H,33,36,40)/b22-15+. The molecule has 0 bridgehead atoms. The third kappa shape index (κ3) is 4.62. The number of thiazole rings is 1. The molecule has 2 aliphatic heterocycles. The number of urea groups is 1. The summed E-state index contributed by atoms with van der Waals surface area (Å²) in [7, 11) is 0. The Labute approximate surface area is 251 Å². The number of amides is 6. The molecule has 6 amide bonds. The molecule has 12 heteroatoms. The molecule has 2 aromatic heterocycles. The number of benzene rings is 3. The number of carbonyl (C=O) groups excluding carboxylic acids is 5. The fourth-order valence-corrected chi connectivity index (χ4v) is 6.78. The SMILES string of the molecule is Cc1ccc(N2C(=O)NC(=O)/C(=C\c3ccc(Sc4nc5ccc(N6C(=O)c7ccccc7C6=O)cc5s4)o3)C2=O)cc1. The minimum absolute atomic E-state index is 0.244. The van der Waals surface area contributed by atoms with Gasteiger partial charge in [0.1, 0.15) is 11.3 Å². The third-order valence-corrected chi connectivity index (χ3v) is 8.87. The van der Waals surface area contributed by atoms with Crippen molar-refractivity contribution in [1.29, 1.82) is 0 Å². The molecule has 1 fully saturated rings. The molecule has 1 saturated heterocycles. The van der Waals surface area contributed by atoms with Crippen LogP contribution in [-0.2, 0) is 9.59 Å². The monoisotopic (exact) mass is 606 g/mol. The summed E-state index contributed by atoms with van der Waals surface area (Å²) in [5.74, 6) is -2.07. The maximum Gasteiger partial charge on any atom is 0.335 e. The first-order valence-electron chi connectivity index (χ1n) is 12.9. The van der Waals surface area contributed by atoms with E-state index in [1.807, 2.05) is 6.92 Å². The maximum atomic E-state index is 13.1. The largest absolute Gasteiger partial charge is 0.450 e. The van der Waals surface area contributed by atoms with Crippen LogP contribution in [-0.4, -0.2) is 34.6 Å². The van der Waals surface area contributed by atoms with Gasteiger partial charge >= 0.3 is 6.03 Å². The van der Waals surface area contributed by atoms with E-state index in [1.165, 1.54) is 34.1 Å². The molecular formula is C31H18N4O6S2. The Balaban J connectivity index is 1.11. The maximum absolute atomic E-state index is 13.1. The summed E-state index contributed by atoms with van der Waals surface area (Å²) in [6.45, 7) is 1.88. The lowest BCUT2D eigenvalue weighted by Gasteiger charge is -2.26. The first kappa shape index (κ1) is 26.6. The number of anilines is 2. The van der Waals surface area contributed by atoms with Gasteiger partial charge in [-0.25, -0.2) is 19.6 Å². The second-order valence-electron chi connectivity index (χ2n) is 9.68. The predicted octanol–water partition coefficient (Wildman–Crippen LogP) is 5.82. The molecule has 0 radical (unpaired) electrons. The fraction of sp³-hybridized carbons (Fsp3) is 0.0323. The van der Waals surface area contributed by atoms with E-state index in [0.29, 0.717) is 37.5 Å². The smallest absolute Gasteiger partial charge is 0.335 e. The fourth-order valence-electron chi connectivity index (χ4n) is 4.78. The number of carbonyl (C=O) groups is 5. The zero-order chi connectivity index (χ0) is 29.8. The summed E-state index contributed by atoms with van der Waals surface area (Å²) in [6, 6.07) is 21.2. The highest BCUT2D eigenvalue weighted by Gasteiger charge is 2.38. The Kier molecular flexibility index (Phi) is 6.29. The van der Waals surface area contributed by atoms with E-state index in [0.717, 1.165) is 15.2 Å². The van der Waals surface area contributed by atoms with Crippen LogP contribution in [0.5, 0.6) is 0 Å². The molecule has 1 N–H and O–H groups in total. The van der Waals surface area contributed by atoms with Gasteiger partial charge in [0, 0.05) is 0 Å². The van der Waals surface area contributed by atoms with Gasteiger partial charge in [-0.05, 0) is 79.4 Å². The average molecular weight is 607 g/mol. The van der Waals surface area contributed by atoms with Gasteiger partial charge in [0.15, 0.2) is 9.43 Å². The zero-order valence-electron chi connectivity index (χ0n) is 22.2. The molecule has 210 valence electrons. The number of hydrogen-bond acceptors (Lipinski definition) is 9. The minimum Gasteiger partial charge on any atom is -0.450 e. The van der Waals surface area contributed by atoms with Crippen molar-refractivity contribution in [3.63, 3.8) is 0 Å². The average Bonchev–Trinajstić information content (AvgIpc) is 3.68. The van der Waals surface area contributed by atoms with Crippen LogP contribution in [0.15, 0.2) is 98.3 Å². The number of fused-ring (bicyclic) bond motifs is 2. The van der Waals surface area contributed by atoms with Gasteiger partial charge in [0.25, 0.3) is 23.6 Å². The van der Waals surface area contributed by atoms with E-state index in [1.54, 1.807) is 78.9 Å². The number of barbiturate groups is 1. The van der Waals surface area contributed by atoms with Crippen molar-refractivity contribution in [2.24, 2.45) is 0 Å². The molecule has 43 heavy (non-hydrogen) atoms. The van der Waals surface area contributed by atoms with Gasteiger partial charge in [-0.2, -0.15) is 0 Å². The Morgan fingerprint density at radius 3 is 2.23 bits per heavy atom. The first-order chi connectivity index (χ1) is 20.8. The molecule has 7 rings (SSSR count). The van der Waals surface area contributed by atoms with Crippen molar-refractivity contribution in [2.45, 2.75) is 16.4 Å². The Morgan fingerprint density at radius 2 is 1.51 bits per heavy atom. The van der Waals surface area contributed by atoms with Crippen molar-refractivity contribution < 1.29 is 28.4 Å². The molecule has 0 atom stereocenters. The molecule has 2 aliphatic rings. The summed E-state index contributed by atoms with van der Waals surface area (Å²) in [6.07, 6.45) is 1.29. The van der Waals surface area contributed by atoms with Crippen LogP contribution in [0.1, 0.15) is 32.0 Å². The number of hydrogen-bond donors (Lipinski definition) is 1. The molecule has 0 spiro atoms. The van der Waals surface area contributed by atoms with Crippen LogP contribution >= 0.6 is 23.1 Å². The van der Waals surface area contributed by atoms with Gasteiger partial charge in [0.05, 0.1) is 32.7 Å². The number of nitrogens with one attached hydrogen (secondary N) is 1. The lowest BCUT2D eigenvalue weighted by Crippen LogP contribution is -2.54. The third-order valence-electron chi connectivity index (χ3n) is 6.88. The van der Waals surface area contributed by atoms with E-state index >= 15 is 0 Å². The zero-order valence-corrected chi connectivity index (χ0v) is 23.8. The van der Waals surface area contributed by atoms with Crippen molar-refractivity contribution in [2.75, 3.05) is 9.80 Å². The molecular weight excluding hydrogens is 588 g/mol. The number of rotatable bonds is 5. The number of aryl methyl sites for hydroxylation is 1. The summed E-state index contributed by atoms with van der Waals surface area (Å²) >= 11 is 2.60. The quantitative estimate of drug-likeness (QED) is 0.151. The van der Waals surface area contributed by atoms with Crippen LogP contribution < -0.4 is 15.1 Å². The molecule has 5 aromatic rings. The van der Waals surface area contributed by atoms with Crippen molar-refractivity contribution in [3.05, 3.63) is 107 Å². The molecule has 10 nitrogen and oxygen atoms in total. The van der Waals surface area contributed by atoms with Crippen molar-refractivity contribution in [3.8, 4) is 0 Å². The minimum atomic E-state index is -0.825. The second kappa shape index (κ2) is 10.2. The highest BCUT2D eigenvalue weighted by Crippen LogP contribution is 2.38. The van der Waals surface area contributed by atoms with Gasteiger partial charge in [-0.1, -0.05) is 29.8 Å². The van der Waals surface area contributed by atoms with E-state index < -0.39 is 17.8 Å². The van der Waals surface area contributed by atoms with Gasteiger partial charge in [-0.3, -0.25) is 24.5 Å². The van der Waals surface area contributed by atoms with E-state index in [9.17, 15) is 24.0 Å². The molecule has 0 aliphatic carbocycles. The van der Waals surface area contributed by atoms with E-state index in [4.69, 9.17) is 4.42 Å². The summed E-state index contributed by atoms with van der Waals surface area (Å²) in [5, 5.41) is 2.66. The molecule has 3 aromatic carbocycles. The summed E-state index contributed by atoms with van der Waals surface area (Å²) < 4.78 is 7.27. The number of nitrogens with zero attached hydrogens (tertiary/aromatic N) is 3. The normalized spacial score (nSPS) is 16.0. The lowest BCUT2D eigenvalue weighted by molar-refractivity contribution is -0.122. The van der Waals surface area contributed by atoms with Crippen LogP contribution in [0.2, 0.25) is 0 Å². The highest BCUT2D eigenvalue weighted by atomic mass is 32.2. The summed E-state index contributed by atoms with van der Waals surface area (Å²) in [4.78, 5) is 70.6. The van der Waals surface area contributed by atoms with Crippen LogP contribution in [0.3, 0.4) is 0 Å². The van der Waals surface area contributed by atoms with Crippen LogP contribution in [0, 0.1) is 6.92 Å². The van der Waals surface area contributed by atoms with Gasteiger partial charge in [-0.15, -0.1) is 11.3 Å². The number of imide groups is 3. The van der Waals surface area contributed by atoms with E-state index in [-0.39, 0.29) is 23.1 Å². The first-order valence-corrected chi connectivity index (χ1v) is 14.5.